The van der Waals surface area contributed by atoms with Crippen molar-refractivity contribution in [2.24, 2.45) is 17.8 Å². The van der Waals surface area contributed by atoms with E-state index in [0.29, 0.717) is 17.2 Å². The number of rotatable bonds is 3. The standard InChI is InChI=1S/C18H23FO2/c1-21-17-9-8-15(19)11-16(17)18(20)14-7-6-12-4-2-3-5-13(12)10-14/h8-9,11-14H,2-7,10H2,1H3. The molecule has 3 unspecified atom stereocenters. The molecule has 2 aliphatic rings. The smallest absolute Gasteiger partial charge is 0.169 e. The Balaban J connectivity index is 1.77. The zero-order chi connectivity index (χ0) is 14.8. The van der Waals surface area contributed by atoms with Crippen LogP contribution in [-0.4, -0.2) is 12.9 Å². The van der Waals surface area contributed by atoms with Gasteiger partial charge in [-0.2, -0.15) is 0 Å². The highest BCUT2D eigenvalue weighted by molar-refractivity contribution is 6.00. The monoisotopic (exact) mass is 290 g/mol. The van der Waals surface area contributed by atoms with Crippen LogP contribution in [0.15, 0.2) is 18.2 Å². The third-order valence-corrected chi connectivity index (χ3v) is 5.34. The summed E-state index contributed by atoms with van der Waals surface area (Å²) in [6.45, 7) is 0. The number of ketones is 1. The summed E-state index contributed by atoms with van der Waals surface area (Å²) in [7, 11) is 1.53. The van der Waals surface area contributed by atoms with Crippen LogP contribution in [0, 0.1) is 23.6 Å². The predicted octanol–water partition coefficient (Wildman–Crippen LogP) is 4.62. The van der Waals surface area contributed by atoms with Crippen molar-refractivity contribution < 1.29 is 13.9 Å². The lowest BCUT2D eigenvalue weighted by Gasteiger charge is -2.38. The molecule has 114 valence electrons. The van der Waals surface area contributed by atoms with Crippen molar-refractivity contribution in [3.05, 3.63) is 29.6 Å². The maximum absolute atomic E-state index is 13.5. The fourth-order valence-corrected chi connectivity index (χ4v) is 4.20. The molecular weight excluding hydrogens is 267 g/mol. The summed E-state index contributed by atoms with van der Waals surface area (Å²) in [6, 6.07) is 4.22. The molecule has 2 fully saturated rings. The normalized spacial score (nSPS) is 28.8. The van der Waals surface area contributed by atoms with Gasteiger partial charge in [0.25, 0.3) is 0 Å². The molecule has 2 aliphatic carbocycles. The third-order valence-electron chi connectivity index (χ3n) is 5.34. The first-order valence-electron chi connectivity index (χ1n) is 8.07. The van der Waals surface area contributed by atoms with Crippen molar-refractivity contribution in [2.45, 2.75) is 44.9 Å². The van der Waals surface area contributed by atoms with E-state index in [1.165, 1.54) is 44.9 Å². The molecule has 0 bridgehead atoms. The van der Waals surface area contributed by atoms with Crippen molar-refractivity contribution >= 4 is 5.78 Å². The lowest BCUT2D eigenvalue weighted by atomic mass is 9.66. The van der Waals surface area contributed by atoms with E-state index in [-0.39, 0.29) is 17.5 Å². The SMILES string of the molecule is COc1ccc(F)cc1C(=O)C1CCC2CCCCC2C1. The molecule has 3 heteroatoms. The molecule has 0 spiro atoms. The van der Waals surface area contributed by atoms with E-state index in [2.05, 4.69) is 0 Å². The Labute approximate surface area is 125 Å². The van der Waals surface area contributed by atoms with Gasteiger partial charge in [-0.25, -0.2) is 4.39 Å². The molecule has 0 radical (unpaired) electrons. The van der Waals surface area contributed by atoms with Gasteiger partial charge in [0.1, 0.15) is 11.6 Å². The van der Waals surface area contributed by atoms with Crippen LogP contribution in [0.25, 0.3) is 0 Å². The highest BCUT2D eigenvalue weighted by atomic mass is 19.1. The largest absolute Gasteiger partial charge is 0.496 e. The molecule has 1 aromatic rings. The molecule has 0 saturated heterocycles. The first kappa shape index (κ1) is 14.6. The topological polar surface area (TPSA) is 26.3 Å². The zero-order valence-corrected chi connectivity index (χ0v) is 12.6. The fraction of sp³-hybridized carbons (Fsp3) is 0.611. The van der Waals surface area contributed by atoms with Gasteiger partial charge in [-0.3, -0.25) is 4.79 Å². The van der Waals surface area contributed by atoms with Crippen LogP contribution in [0.4, 0.5) is 4.39 Å². The van der Waals surface area contributed by atoms with Crippen LogP contribution in [0.2, 0.25) is 0 Å². The average Bonchev–Trinajstić information content (AvgIpc) is 2.53. The minimum absolute atomic E-state index is 0.0417. The van der Waals surface area contributed by atoms with E-state index in [1.807, 2.05) is 0 Å². The van der Waals surface area contributed by atoms with Crippen LogP contribution < -0.4 is 4.74 Å². The molecule has 21 heavy (non-hydrogen) atoms. The maximum atomic E-state index is 13.5. The Kier molecular flexibility index (Phi) is 4.27. The summed E-state index contributed by atoms with van der Waals surface area (Å²) in [5.74, 6) is 1.74. The van der Waals surface area contributed by atoms with Crippen molar-refractivity contribution in [1.82, 2.24) is 0 Å². The maximum Gasteiger partial charge on any atom is 0.169 e. The molecule has 3 rings (SSSR count). The van der Waals surface area contributed by atoms with E-state index >= 15 is 0 Å². The van der Waals surface area contributed by atoms with Crippen LogP contribution in [-0.2, 0) is 0 Å². The fourth-order valence-electron chi connectivity index (χ4n) is 4.20. The van der Waals surface area contributed by atoms with Crippen LogP contribution >= 0.6 is 0 Å². The van der Waals surface area contributed by atoms with Gasteiger partial charge < -0.3 is 4.74 Å². The van der Waals surface area contributed by atoms with Gasteiger partial charge in [0.05, 0.1) is 12.7 Å². The van der Waals surface area contributed by atoms with E-state index in [0.717, 1.165) is 25.2 Å². The van der Waals surface area contributed by atoms with Gasteiger partial charge in [0, 0.05) is 5.92 Å². The number of Topliss-reactive ketones (excluding diaryl/α,β-unsaturated/α-hetero) is 1. The molecular formula is C18H23FO2. The average molecular weight is 290 g/mol. The number of carbonyl (C=O) groups is 1. The van der Waals surface area contributed by atoms with E-state index in [4.69, 9.17) is 4.74 Å². The van der Waals surface area contributed by atoms with Crippen molar-refractivity contribution in [1.29, 1.82) is 0 Å². The van der Waals surface area contributed by atoms with E-state index in [1.54, 1.807) is 6.07 Å². The van der Waals surface area contributed by atoms with Gasteiger partial charge in [0.2, 0.25) is 0 Å². The quantitative estimate of drug-likeness (QED) is 0.759. The summed E-state index contributed by atoms with van der Waals surface area (Å²) in [6.07, 6.45) is 8.30. The number of carbonyl (C=O) groups excluding carboxylic acids is 1. The molecule has 0 aromatic heterocycles. The lowest BCUT2D eigenvalue weighted by Crippen LogP contribution is -2.31. The van der Waals surface area contributed by atoms with Gasteiger partial charge in [-0.1, -0.05) is 25.7 Å². The number of ether oxygens (including phenoxy) is 1. The minimum atomic E-state index is -0.370. The number of hydrogen-bond acceptors (Lipinski definition) is 2. The summed E-state index contributed by atoms with van der Waals surface area (Å²) < 4.78 is 18.7. The Bertz CT molecular complexity index is 526. The number of hydrogen-bond donors (Lipinski definition) is 0. The highest BCUT2D eigenvalue weighted by Crippen LogP contribution is 2.44. The van der Waals surface area contributed by atoms with E-state index < -0.39 is 0 Å². The molecule has 0 amide bonds. The number of methoxy groups -OCH3 is 1. The van der Waals surface area contributed by atoms with Crippen molar-refractivity contribution in [3.63, 3.8) is 0 Å². The molecule has 2 nitrogen and oxygen atoms in total. The van der Waals surface area contributed by atoms with Crippen LogP contribution in [0.5, 0.6) is 5.75 Å². The molecule has 0 N–H and O–H groups in total. The Morgan fingerprint density at radius 2 is 1.90 bits per heavy atom. The second-order valence-electron chi connectivity index (χ2n) is 6.52. The number of fused-ring (bicyclic) bond motifs is 1. The number of halogens is 1. The van der Waals surface area contributed by atoms with E-state index in [9.17, 15) is 9.18 Å². The van der Waals surface area contributed by atoms with Gasteiger partial charge in [-0.05, 0) is 49.3 Å². The first-order chi connectivity index (χ1) is 10.2. The second kappa shape index (κ2) is 6.17. The van der Waals surface area contributed by atoms with Gasteiger partial charge in [-0.15, -0.1) is 0 Å². The number of benzene rings is 1. The summed E-state index contributed by atoms with van der Waals surface area (Å²) in [5, 5.41) is 0. The van der Waals surface area contributed by atoms with Gasteiger partial charge >= 0.3 is 0 Å². The summed E-state index contributed by atoms with van der Waals surface area (Å²) in [4.78, 5) is 12.8. The summed E-state index contributed by atoms with van der Waals surface area (Å²) in [5.41, 5.74) is 0.414. The summed E-state index contributed by atoms with van der Waals surface area (Å²) >= 11 is 0. The second-order valence-corrected chi connectivity index (χ2v) is 6.52. The Hall–Kier alpha value is -1.38. The minimum Gasteiger partial charge on any atom is -0.496 e. The van der Waals surface area contributed by atoms with Gasteiger partial charge in [0.15, 0.2) is 5.78 Å². The van der Waals surface area contributed by atoms with Crippen molar-refractivity contribution in [2.75, 3.05) is 7.11 Å². The lowest BCUT2D eigenvalue weighted by molar-refractivity contribution is 0.0760. The predicted molar refractivity (Wildman–Crippen MR) is 80.1 cm³/mol. The van der Waals surface area contributed by atoms with Crippen LogP contribution in [0.3, 0.4) is 0 Å². The molecule has 3 atom stereocenters. The molecule has 1 aromatic carbocycles. The van der Waals surface area contributed by atoms with Crippen molar-refractivity contribution in [3.8, 4) is 5.75 Å². The first-order valence-corrected chi connectivity index (χ1v) is 8.07. The highest BCUT2D eigenvalue weighted by Gasteiger charge is 2.35. The molecule has 2 saturated carbocycles. The molecule has 0 heterocycles. The van der Waals surface area contributed by atoms with Crippen LogP contribution in [0.1, 0.15) is 55.3 Å². The third kappa shape index (κ3) is 2.97. The Morgan fingerprint density at radius 3 is 2.67 bits per heavy atom. The Morgan fingerprint density at radius 1 is 1.14 bits per heavy atom. The molecule has 0 aliphatic heterocycles. The zero-order valence-electron chi connectivity index (χ0n) is 12.6.